The van der Waals surface area contributed by atoms with Gasteiger partial charge in [0.25, 0.3) is 0 Å². The van der Waals surface area contributed by atoms with E-state index in [1.807, 2.05) is 33.2 Å². The highest BCUT2D eigenvalue weighted by Gasteiger charge is 2.27. The number of carbonyl (C=O) groups is 1. The standard InChI is InChI=1S/C11H19N3OS/c1-8(7-12-4)9(15)14-11(2,3)10-13-5-6-16-10/h5-6,8,12H,7H2,1-4H3,(H,14,15). The number of rotatable bonds is 5. The van der Waals surface area contributed by atoms with Gasteiger partial charge in [-0.1, -0.05) is 6.92 Å². The van der Waals surface area contributed by atoms with Gasteiger partial charge in [-0.15, -0.1) is 11.3 Å². The van der Waals surface area contributed by atoms with Crippen LogP contribution < -0.4 is 10.6 Å². The number of thiazole rings is 1. The van der Waals surface area contributed by atoms with Crippen LogP contribution in [0.25, 0.3) is 0 Å². The third kappa shape index (κ3) is 3.28. The quantitative estimate of drug-likeness (QED) is 0.818. The fourth-order valence-corrected chi connectivity index (χ4v) is 2.13. The van der Waals surface area contributed by atoms with E-state index >= 15 is 0 Å². The summed E-state index contributed by atoms with van der Waals surface area (Å²) in [4.78, 5) is 16.1. The molecule has 4 nitrogen and oxygen atoms in total. The molecule has 16 heavy (non-hydrogen) atoms. The molecule has 1 unspecified atom stereocenters. The number of hydrogen-bond acceptors (Lipinski definition) is 4. The van der Waals surface area contributed by atoms with Crippen LogP contribution in [0, 0.1) is 5.92 Å². The Balaban J connectivity index is 2.63. The minimum absolute atomic E-state index is 0.0377. The zero-order valence-electron chi connectivity index (χ0n) is 10.2. The summed E-state index contributed by atoms with van der Waals surface area (Å²) in [6.07, 6.45) is 1.75. The topological polar surface area (TPSA) is 54.0 Å². The molecule has 5 heteroatoms. The highest BCUT2D eigenvalue weighted by molar-refractivity contribution is 7.09. The van der Waals surface area contributed by atoms with Crippen molar-refractivity contribution in [2.75, 3.05) is 13.6 Å². The molecule has 1 aromatic heterocycles. The summed E-state index contributed by atoms with van der Waals surface area (Å²) in [5.74, 6) is 0.0128. The van der Waals surface area contributed by atoms with Crippen molar-refractivity contribution in [3.05, 3.63) is 16.6 Å². The molecule has 1 heterocycles. The minimum Gasteiger partial charge on any atom is -0.344 e. The Hall–Kier alpha value is -0.940. The average molecular weight is 241 g/mol. The van der Waals surface area contributed by atoms with Gasteiger partial charge in [-0.25, -0.2) is 4.98 Å². The van der Waals surface area contributed by atoms with Crippen LogP contribution in [0.15, 0.2) is 11.6 Å². The number of aromatic nitrogens is 1. The maximum absolute atomic E-state index is 11.9. The third-order valence-electron chi connectivity index (χ3n) is 2.36. The molecule has 0 saturated heterocycles. The summed E-state index contributed by atoms with van der Waals surface area (Å²) in [5.41, 5.74) is -0.396. The predicted molar refractivity (Wildman–Crippen MR) is 66.4 cm³/mol. The largest absolute Gasteiger partial charge is 0.344 e. The van der Waals surface area contributed by atoms with Crippen LogP contribution in [-0.2, 0) is 10.3 Å². The number of nitrogens with zero attached hydrogens (tertiary/aromatic N) is 1. The van der Waals surface area contributed by atoms with Gasteiger partial charge in [-0.3, -0.25) is 4.79 Å². The molecule has 1 rings (SSSR count). The number of hydrogen-bond donors (Lipinski definition) is 2. The van der Waals surface area contributed by atoms with Gasteiger partial charge in [0, 0.05) is 24.0 Å². The zero-order valence-corrected chi connectivity index (χ0v) is 11.0. The van der Waals surface area contributed by atoms with Crippen molar-refractivity contribution in [3.63, 3.8) is 0 Å². The van der Waals surface area contributed by atoms with Gasteiger partial charge in [0.05, 0.1) is 5.54 Å². The summed E-state index contributed by atoms with van der Waals surface area (Å²) in [7, 11) is 1.84. The molecule has 0 radical (unpaired) electrons. The van der Waals surface area contributed by atoms with E-state index < -0.39 is 5.54 Å². The van der Waals surface area contributed by atoms with Crippen molar-refractivity contribution < 1.29 is 4.79 Å². The fourth-order valence-electron chi connectivity index (χ4n) is 1.42. The lowest BCUT2D eigenvalue weighted by Gasteiger charge is -2.25. The second kappa shape index (κ2) is 5.41. The first-order valence-corrected chi connectivity index (χ1v) is 6.22. The minimum atomic E-state index is -0.396. The van der Waals surface area contributed by atoms with Crippen LogP contribution in [0.1, 0.15) is 25.8 Å². The second-order valence-electron chi connectivity index (χ2n) is 4.41. The van der Waals surface area contributed by atoms with E-state index in [1.54, 1.807) is 17.5 Å². The van der Waals surface area contributed by atoms with Gasteiger partial charge in [0.2, 0.25) is 5.91 Å². The van der Waals surface area contributed by atoms with E-state index in [-0.39, 0.29) is 11.8 Å². The molecule has 0 fully saturated rings. The Morgan fingerprint density at radius 3 is 2.81 bits per heavy atom. The van der Waals surface area contributed by atoms with Crippen LogP contribution >= 0.6 is 11.3 Å². The smallest absolute Gasteiger partial charge is 0.224 e. The van der Waals surface area contributed by atoms with Gasteiger partial charge in [0.1, 0.15) is 5.01 Å². The van der Waals surface area contributed by atoms with Gasteiger partial charge in [0.15, 0.2) is 0 Å². The van der Waals surface area contributed by atoms with E-state index in [2.05, 4.69) is 15.6 Å². The van der Waals surface area contributed by atoms with E-state index in [1.165, 1.54) is 0 Å². The highest BCUT2D eigenvalue weighted by Crippen LogP contribution is 2.22. The van der Waals surface area contributed by atoms with Crippen molar-refractivity contribution in [1.82, 2.24) is 15.6 Å². The Morgan fingerprint density at radius 2 is 2.31 bits per heavy atom. The first-order chi connectivity index (χ1) is 7.47. The van der Waals surface area contributed by atoms with E-state index in [4.69, 9.17) is 0 Å². The molecule has 0 aliphatic carbocycles. The molecule has 0 aliphatic heterocycles. The van der Waals surface area contributed by atoms with Crippen molar-refractivity contribution >= 4 is 17.2 Å². The summed E-state index contributed by atoms with van der Waals surface area (Å²) < 4.78 is 0. The maximum Gasteiger partial charge on any atom is 0.224 e. The van der Waals surface area contributed by atoms with E-state index in [0.29, 0.717) is 6.54 Å². The molecule has 0 bridgehead atoms. The molecular formula is C11H19N3OS. The fraction of sp³-hybridized carbons (Fsp3) is 0.636. The molecule has 0 saturated carbocycles. The predicted octanol–water partition coefficient (Wildman–Crippen LogP) is 1.35. The van der Waals surface area contributed by atoms with Gasteiger partial charge in [-0.2, -0.15) is 0 Å². The lowest BCUT2D eigenvalue weighted by atomic mass is 10.0. The highest BCUT2D eigenvalue weighted by atomic mass is 32.1. The molecule has 2 N–H and O–H groups in total. The van der Waals surface area contributed by atoms with Crippen molar-refractivity contribution in [2.24, 2.45) is 5.92 Å². The molecule has 1 amide bonds. The number of nitrogens with one attached hydrogen (secondary N) is 2. The van der Waals surface area contributed by atoms with Crippen LogP contribution in [-0.4, -0.2) is 24.5 Å². The van der Waals surface area contributed by atoms with Crippen LogP contribution in [0.4, 0.5) is 0 Å². The Morgan fingerprint density at radius 1 is 1.62 bits per heavy atom. The first kappa shape index (κ1) is 13.1. The first-order valence-electron chi connectivity index (χ1n) is 5.34. The van der Waals surface area contributed by atoms with Crippen molar-refractivity contribution in [3.8, 4) is 0 Å². The van der Waals surface area contributed by atoms with Crippen molar-refractivity contribution in [2.45, 2.75) is 26.3 Å². The monoisotopic (exact) mass is 241 g/mol. The molecule has 90 valence electrons. The molecule has 1 atom stereocenters. The molecule has 0 spiro atoms. The summed E-state index contributed by atoms with van der Waals surface area (Å²) in [6, 6.07) is 0. The third-order valence-corrected chi connectivity index (χ3v) is 3.46. The Labute approximate surface area is 100 Å². The summed E-state index contributed by atoms with van der Waals surface area (Å²) in [6.45, 7) is 6.52. The summed E-state index contributed by atoms with van der Waals surface area (Å²) in [5, 5.41) is 8.85. The second-order valence-corrected chi connectivity index (χ2v) is 5.30. The Bertz CT molecular complexity index is 335. The molecule has 0 aromatic carbocycles. The van der Waals surface area contributed by atoms with Gasteiger partial charge in [-0.05, 0) is 20.9 Å². The molecule has 1 aromatic rings. The van der Waals surface area contributed by atoms with Gasteiger partial charge < -0.3 is 10.6 Å². The zero-order chi connectivity index (χ0) is 12.2. The van der Waals surface area contributed by atoms with Crippen LogP contribution in [0.2, 0.25) is 0 Å². The average Bonchev–Trinajstić information content (AvgIpc) is 2.70. The van der Waals surface area contributed by atoms with Crippen LogP contribution in [0.3, 0.4) is 0 Å². The lowest BCUT2D eigenvalue weighted by molar-refractivity contribution is -0.126. The summed E-state index contributed by atoms with van der Waals surface area (Å²) >= 11 is 1.56. The number of carbonyl (C=O) groups excluding carboxylic acids is 1. The molecule has 0 aliphatic rings. The van der Waals surface area contributed by atoms with Crippen LogP contribution in [0.5, 0.6) is 0 Å². The lowest BCUT2D eigenvalue weighted by Crippen LogP contribution is -2.45. The Kier molecular flexibility index (Phi) is 4.44. The van der Waals surface area contributed by atoms with E-state index in [0.717, 1.165) is 5.01 Å². The molecular weight excluding hydrogens is 222 g/mol. The maximum atomic E-state index is 11.9. The normalized spacial score (nSPS) is 13.5. The van der Waals surface area contributed by atoms with Crippen molar-refractivity contribution in [1.29, 1.82) is 0 Å². The van der Waals surface area contributed by atoms with E-state index in [9.17, 15) is 4.79 Å². The SMILES string of the molecule is CNCC(C)C(=O)NC(C)(C)c1nccs1. The van der Waals surface area contributed by atoms with Gasteiger partial charge >= 0.3 is 0 Å². The number of amides is 1.